The number of rotatable bonds is 9. The first-order valence-electron chi connectivity index (χ1n) is 11.0. The number of nitrogens with zero attached hydrogens (tertiary/aromatic N) is 2. The van der Waals surface area contributed by atoms with Crippen LogP contribution < -0.4 is 10.1 Å². The summed E-state index contributed by atoms with van der Waals surface area (Å²) in [5, 5.41) is 2.99. The average Bonchev–Trinajstić information content (AvgIpc) is 3.44. The number of benzene rings is 2. The number of carbonyl (C=O) groups excluding carboxylic acids is 1. The van der Waals surface area contributed by atoms with Crippen LogP contribution in [0.3, 0.4) is 0 Å². The zero-order chi connectivity index (χ0) is 22.5. The fourth-order valence-corrected chi connectivity index (χ4v) is 3.97. The normalized spacial score (nSPS) is 12.1. The van der Waals surface area contributed by atoms with E-state index in [1.165, 1.54) is 6.26 Å². The highest BCUT2D eigenvalue weighted by Gasteiger charge is 2.20. The summed E-state index contributed by atoms with van der Waals surface area (Å²) < 4.78 is 13.5. The minimum Gasteiger partial charge on any atom is -0.493 e. The lowest BCUT2D eigenvalue weighted by atomic mass is 10.1. The molecule has 2 heterocycles. The lowest BCUT2D eigenvalue weighted by molar-refractivity contribution is 0.0909. The Morgan fingerprint density at radius 2 is 1.84 bits per heavy atom. The Balaban J connectivity index is 1.43. The van der Waals surface area contributed by atoms with Crippen LogP contribution in [0.4, 0.5) is 0 Å². The number of furan rings is 1. The lowest BCUT2D eigenvalue weighted by Crippen LogP contribution is -2.28. The van der Waals surface area contributed by atoms with Crippen LogP contribution in [0, 0.1) is 13.8 Å². The first-order chi connectivity index (χ1) is 15.5. The Hall–Kier alpha value is -3.54. The highest BCUT2D eigenvalue weighted by atomic mass is 16.5. The molecule has 0 spiro atoms. The number of amides is 1. The summed E-state index contributed by atoms with van der Waals surface area (Å²) >= 11 is 0. The van der Waals surface area contributed by atoms with E-state index in [0.717, 1.165) is 53.1 Å². The maximum absolute atomic E-state index is 12.4. The van der Waals surface area contributed by atoms with Crippen molar-refractivity contribution < 1.29 is 13.9 Å². The van der Waals surface area contributed by atoms with Crippen LogP contribution in [0.1, 0.15) is 53.3 Å². The first-order valence-corrected chi connectivity index (χ1v) is 11.0. The maximum Gasteiger partial charge on any atom is 0.287 e. The largest absolute Gasteiger partial charge is 0.493 e. The summed E-state index contributed by atoms with van der Waals surface area (Å²) in [6.07, 6.45) is 3.36. The number of hydrogen-bond donors (Lipinski definition) is 1. The zero-order valence-electron chi connectivity index (χ0n) is 18.8. The van der Waals surface area contributed by atoms with E-state index in [0.29, 0.717) is 12.4 Å². The smallest absolute Gasteiger partial charge is 0.287 e. The lowest BCUT2D eigenvalue weighted by Gasteiger charge is -2.16. The van der Waals surface area contributed by atoms with Crippen molar-refractivity contribution in [3.63, 3.8) is 0 Å². The van der Waals surface area contributed by atoms with Crippen molar-refractivity contribution in [2.45, 2.75) is 46.2 Å². The van der Waals surface area contributed by atoms with Crippen LogP contribution in [-0.2, 0) is 6.54 Å². The van der Waals surface area contributed by atoms with E-state index in [2.05, 4.69) is 48.0 Å². The highest BCUT2D eigenvalue weighted by molar-refractivity contribution is 5.91. The maximum atomic E-state index is 12.4. The number of carbonyl (C=O) groups is 1. The van der Waals surface area contributed by atoms with E-state index in [4.69, 9.17) is 14.1 Å². The zero-order valence-corrected chi connectivity index (χ0v) is 18.8. The number of unbranched alkanes of at least 4 members (excludes halogenated alkanes) is 1. The molecule has 1 atom stereocenters. The minimum atomic E-state index is -0.258. The molecule has 2 aromatic heterocycles. The SMILES string of the molecule is Cc1cccc(C)c1OCCCCn1c([C@H](C)NC(=O)c2ccco2)nc2ccccc21. The van der Waals surface area contributed by atoms with Gasteiger partial charge in [-0.25, -0.2) is 4.98 Å². The molecule has 6 heteroatoms. The van der Waals surface area contributed by atoms with E-state index in [1.807, 2.05) is 25.1 Å². The molecule has 0 bridgehead atoms. The van der Waals surface area contributed by atoms with Crippen LogP contribution in [-0.4, -0.2) is 22.1 Å². The van der Waals surface area contributed by atoms with Gasteiger partial charge in [-0.2, -0.15) is 0 Å². The number of para-hydroxylation sites is 3. The summed E-state index contributed by atoms with van der Waals surface area (Å²) in [6.45, 7) is 7.56. The molecule has 2 aromatic carbocycles. The minimum absolute atomic E-state index is 0.247. The number of aryl methyl sites for hydroxylation is 3. The van der Waals surface area contributed by atoms with Gasteiger partial charge in [-0.05, 0) is 69.0 Å². The predicted molar refractivity (Wildman–Crippen MR) is 125 cm³/mol. The highest BCUT2D eigenvalue weighted by Crippen LogP contribution is 2.24. The number of hydrogen-bond acceptors (Lipinski definition) is 4. The van der Waals surface area contributed by atoms with Crippen molar-refractivity contribution in [1.29, 1.82) is 0 Å². The molecule has 0 aliphatic carbocycles. The number of imidazole rings is 1. The summed E-state index contributed by atoms with van der Waals surface area (Å²) in [5.41, 5.74) is 4.31. The third-order valence-corrected chi connectivity index (χ3v) is 5.60. The van der Waals surface area contributed by atoms with Crippen LogP contribution in [0.15, 0.2) is 65.3 Å². The van der Waals surface area contributed by atoms with E-state index in [1.54, 1.807) is 12.1 Å². The Labute approximate surface area is 188 Å². The van der Waals surface area contributed by atoms with Gasteiger partial charge in [0.1, 0.15) is 11.6 Å². The second kappa shape index (κ2) is 9.73. The van der Waals surface area contributed by atoms with Gasteiger partial charge in [0.25, 0.3) is 5.91 Å². The standard InChI is InChI=1S/C26H29N3O3/c1-18-10-8-11-19(2)24(18)32-16-7-6-15-29-22-13-5-4-12-21(22)28-25(29)20(3)27-26(30)23-14-9-17-31-23/h4-5,8-14,17,20H,6-7,15-16H2,1-3H3,(H,27,30)/t20-/m0/s1. The topological polar surface area (TPSA) is 69.3 Å². The quantitative estimate of drug-likeness (QED) is 0.350. The van der Waals surface area contributed by atoms with Crippen LogP contribution >= 0.6 is 0 Å². The van der Waals surface area contributed by atoms with Crippen molar-refractivity contribution in [3.8, 4) is 5.75 Å². The van der Waals surface area contributed by atoms with Crippen molar-refractivity contribution in [2.24, 2.45) is 0 Å². The van der Waals surface area contributed by atoms with Crippen molar-refractivity contribution in [3.05, 3.63) is 83.6 Å². The Morgan fingerprint density at radius 1 is 1.06 bits per heavy atom. The average molecular weight is 432 g/mol. The molecule has 0 aliphatic rings. The van der Waals surface area contributed by atoms with Gasteiger partial charge in [-0.1, -0.05) is 30.3 Å². The van der Waals surface area contributed by atoms with Gasteiger partial charge in [-0.3, -0.25) is 4.79 Å². The van der Waals surface area contributed by atoms with Gasteiger partial charge < -0.3 is 19.0 Å². The van der Waals surface area contributed by atoms with Gasteiger partial charge in [-0.15, -0.1) is 0 Å². The Morgan fingerprint density at radius 3 is 2.59 bits per heavy atom. The summed E-state index contributed by atoms with van der Waals surface area (Å²) in [5.74, 6) is 1.86. The van der Waals surface area contributed by atoms with Crippen LogP contribution in [0.5, 0.6) is 5.75 Å². The molecule has 0 saturated heterocycles. The molecular formula is C26H29N3O3. The van der Waals surface area contributed by atoms with Gasteiger partial charge >= 0.3 is 0 Å². The molecule has 1 N–H and O–H groups in total. The van der Waals surface area contributed by atoms with E-state index >= 15 is 0 Å². The molecule has 6 nitrogen and oxygen atoms in total. The predicted octanol–water partition coefficient (Wildman–Crippen LogP) is 5.60. The summed E-state index contributed by atoms with van der Waals surface area (Å²) in [4.78, 5) is 17.2. The van der Waals surface area contributed by atoms with E-state index < -0.39 is 0 Å². The van der Waals surface area contributed by atoms with E-state index in [-0.39, 0.29) is 11.9 Å². The number of aromatic nitrogens is 2. The molecule has 0 unspecified atom stereocenters. The van der Waals surface area contributed by atoms with Crippen LogP contribution in [0.25, 0.3) is 11.0 Å². The molecule has 32 heavy (non-hydrogen) atoms. The third-order valence-electron chi connectivity index (χ3n) is 5.60. The molecule has 0 aliphatic heterocycles. The number of nitrogens with one attached hydrogen (secondary N) is 1. The second-order valence-corrected chi connectivity index (χ2v) is 8.06. The molecule has 0 saturated carbocycles. The van der Waals surface area contributed by atoms with Crippen molar-refractivity contribution in [1.82, 2.24) is 14.9 Å². The van der Waals surface area contributed by atoms with Crippen molar-refractivity contribution >= 4 is 16.9 Å². The Kier molecular flexibility index (Phi) is 6.59. The van der Waals surface area contributed by atoms with Crippen molar-refractivity contribution in [2.75, 3.05) is 6.61 Å². The molecule has 4 aromatic rings. The van der Waals surface area contributed by atoms with Gasteiger partial charge in [0.2, 0.25) is 0 Å². The second-order valence-electron chi connectivity index (χ2n) is 8.06. The number of ether oxygens (including phenoxy) is 1. The monoisotopic (exact) mass is 431 g/mol. The van der Waals surface area contributed by atoms with Gasteiger partial charge in [0.15, 0.2) is 5.76 Å². The fourth-order valence-electron chi connectivity index (χ4n) is 3.97. The summed E-state index contributed by atoms with van der Waals surface area (Å²) in [7, 11) is 0. The van der Waals surface area contributed by atoms with Crippen LogP contribution in [0.2, 0.25) is 0 Å². The molecule has 166 valence electrons. The third kappa shape index (κ3) is 4.69. The molecule has 0 radical (unpaired) electrons. The molecule has 4 rings (SSSR count). The Bertz CT molecular complexity index is 1170. The molecule has 1 amide bonds. The molecular weight excluding hydrogens is 402 g/mol. The molecule has 0 fully saturated rings. The fraction of sp³-hybridized carbons (Fsp3) is 0.308. The number of fused-ring (bicyclic) bond motifs is 1. The summed E-state index contributed by atoms with van der Waals surface area (Å²) in [6, 6.07) is 17.4. The first kappa shape index (κ1) is 21.7. The van der Waals surface area contributed by atoms with E-state index in [9.17, 15) is 4.79 Å². The van der Waals surface area contributed by atoms with Gasteiger partial charge in [0, 0.05) is 6.54 Å². The van der Waals surface area contributed by atoms with Gasteiger partial charge in [0.05, 0.1) is 29.9 Å².